The fraction of sp³-hybridized carbons (Fsp3) is 0.478. The van der Waals surface area contributed by atoms with Crippen molar-refractivity contribution in [3.8, 4) is 5.75 Å². The van der Waals surface area contributed by atoms with Crippen LogP contribution in [0.15, 0.2) is 42.5 Å². The van der Waals surface area contributed by atoms with Crippen LogP contribution in [0.25, 0.3) is 0 Å². The third-order valence-corrected chi connectivity index (χ3v) is 9.01. The van der Waals surface area contributed by atoms with Crippen LogP contribution in [0.2, 0.25) is 5.02 Å². The van der Waals surface area contributed by atoms with Crippen molar-refractivity contribution in [1.82, 2.24) is 9.62 Å². The van der Waals surface area contributed by atoms with Gasteiger partial charge in [0, 0.05) is 17.6 Å². The largest absolute Gasteiger partial charge is 0.496 e. The zero-order valence-corrected chi connectivity index (χ0v) is 20.2. The topological polar surface area (TPSA) is 119 Å². The summed E-state index contributed by atoms with van der Waals surface area (Å²) >= 11 is 6.01. The molecule has 0 saturated heterocycles. The Morgan fingerprint density at radius 2 is 1.97 bits per heavy atom. The number of halogens is 1. The number of rotatable bonds is 8. The van der Waals surface area contributed by atoms with Gasteiger partial charge >= 0.3 is 6.03 Å². The highest BCUT2D eigenvalue weighted by atomic mass is 35.5. The van der Waals surface area contributed by atoms with E-state index in [0.717, 1.165) is 23.6 Å². The number of hydrogen-bond donors (Lipinski definition) is 2. The van der Waals surface area contributed by atoms with Crippen molar-refractivity contribution in [3.63, 3.8) is 0 Å². The molecule has 3 amide bonds. The van der Waals surface area contributed by atoms with Crippen LogP contribution in [0, 0.1) is 0 Å². The monoisotopic (exact) mass is 495 g/mol. The quantitative estimate of drug-likeness (QED) is 0.569. The van der Waals surface area contributed by atoms with E-state index in [0.29, 0.717) is 23.6 Å². The Kier molecular flexibility index (Phi) is 8.07. The van der Waals surface area contributed by atoms with Gasteiger partial charge in [-0.05, 0) is 43.9 Å². The minimum atomic E-state index is -4.14. The van der Waals surface area contributed by atoms with Gasteiger partial charge in [-0.25, -0.2) is 17.5 Å². The molecule has 3 rings (SSSR count). The number of urea groups is 1. The molecule has 1 aromatic rings. The second kappa shape index (κ2) is 10.6. The summed E-state index contributed by atoms with van der Waals surface area (Å²) in [6.45, 7) is 0.0587. The van der Waals surface area contributed by atoms with Gasteiger partial charge in [0.25, 0.3) is 5.91 Å². The van der Waals surface area contributed by atoms with Gasteiger partial charge < -0.3 is 15.8 Å². The van der Waals surface area contributed by atoms with Crippen molar-refractivity contribution >= 4 is 33.6 Å². The fourth-order valence-corrected chi connectivity index (χ4v) is 6.82. The molecule has 1 aromatic carbocycles. The van der Waals surface area contributed by atoms with E-state index in [1.54, 1.807) is 36.4 Å². The molecule has 0 radical (unpaired) electrons. The van der Waals surface area contributed by atoms with E-state index in [2.05, 4.69) is 5.32 Å². The first-order chi connectivity index (χ1) is 15.7. The Labute approximate surface area is 199 Å². The lowest BCUT2D eigenvalue weighted by Crippen LogP contribution is -2.56. The van der Waals surface area contributed by atoms with Crippen LogP contribution >= 0.6 is 11.6 Å². The number of nitrogens with zero attached hydrogens (tertiary/aromatic N) is 1. The maximum Gasteiger partial charge on any atom is 0.328 e. The lowest BCUT2D eigenvalue weighted by molar-refractivity contribution is 0.0949. The van der Waals surface area contributed by atoms with E-state index in [9.17, 15) is 18.0 Å². The summed E-state index contributed by atoms with van der Waals surface area (Å²) < 4.78 is 32.4. The lowest BCUT2D eigenvalue weighted by Gasteiger charge is -2.40. The van der Waals surface area contributed by atoms with Crippen molar-refractivity contribution in [2.24, 2.45) is 5.73 Å². The number of hydrogen-bond acceptors (Lipinski definition) is 5. The second-order valence-corrected chi connectivity index (χ2v) is 10.9. The van der Waals surface area contributed by atoms with Crippen molar-refractivity contribution in [2.45, 2.75) is 55.7 Å². The highest BCUT2D eigenvalue weighted by molar-refractivity contribution is 7.91. The minimum Gasteiger partial charge on any atom is -0.496 e. The van der Waals surface area contributed by atoms with Crippen LogP contribution in [0.5, 0.6) is 5.75 Å². The Hall–Kier alpha value is -2.52. The first kappa shape index (κ1) is 25.1. The van der Waals surface area contributed by atoms with E-state index < -0.39 is 32.8 Å². The molecule has 10 heteroatoms. The summed E-state index contributed by atoms with van der Waals surface area (Å²) in [6.07, 6.45) is 10.9. The van der Waals surface area contributed by atoms with Gasteiger partial charge in [-0.1, -0.05) is 55.2 Å². The molecule has 1 atom stereocenters. The standard InChI is InChI=1S/C23H30ClN3O5S/c1-32-20-11-10-17(24)16-19(20)21(28)26-15-14-23(12-6-3-7-13-23)33(30,31)27(22(25)29)18-8-4-2-5-9-18/h3,6-7,10-12,16,18H,2,4-5,8-9,13-15H2,1H3,(H2,25,29)(H,26,28). The predicted molar refractivity (Wildman–Crippen MR) is 128 cm³/mol. The molecule has 0 aromatic heterocycles. The summed E-state index contributed by atoms with van der Waals surface area (Å²) in [5.74, 6) is -0.0757. The Bertz CT molecular complexity index is 1050. The average Bonchev–Trinajstić information content (AvgIpc) is 2.80. The molecule has 2 aliphatic rings. The van der Waals surface area contributed by atoms with E-state index in [1.165, 1.54) is 13.2 Å². The maximum atomic E-state index is 13.8. The number of ether oxygens (including phenoxy) is 1. The summed E-state index contributed by atoms with van der Waals surface area (Å²) in [7, 11) is -2.69. The van der Waals surface area contributed by atoms with Crippen LogP contribution in [0.1, 0.15) is 55.3 Å². The van der Waals surface area contributed by atoms with Crippen molar-refractivity contribution < 1.29 is 22.7 Å². The number of amides is 3. The van der Waals surface area contributed by atoms with Gasteiger partial charge in [-0.2, -0.15) is 0 Å². The molecule has 2 aliphatic carbocycles. The molecule has 0 aliphatic heterocycles. The first-order valence-electron chi connectivity index (χ1n) is 11.0. The van der Waals surface area contributed by atoms with Gasteiger partial charge in [0.1, 0.15) is 10.5 Å². The predicted octanol–water partition coefficient (Wildman–Crippen LogP) is 3.77. The third-order valence-electron chi connectivity index (χ3n) is 6.25. The molecule has 0 bridgehead atoms. The number of allylic oxidation sites excluding steroid dienone is 3. The summed E-state index contributed by atoms with van der Waals surface area (Å²) in [4.78, 5) is 25.1. The molecule has 33 heavy (non-hydrogen) atoms. The second-order valence-electron chi connectivity index (χ2n) is 8.34. The Balaban J connectivity index is 1.82. The highest BCUT2D eigenvalue weighted by Crippen LogP contribution is 2.37. The highest BCUT2D eigenvalue weighted by Gasteiger charge is 2.48. The molecule has 1 saturated carbocycles. The van der Waals surface area contributed by atoms with Gasteiger partial charge in [-0.15, -0.1) is 0 Å². The summed E-state index contributed by atoms with van der Waals surface area (Å²) in [5.41, 5.74) is 5.84. The SMILES string of the molecule is COc1ccc(Cl)cc1C(=O)NCCC1(S(=O)(=O)N(C(N)=O)C2CCCCC2)C=CC=CC1. The summed E-state index contributed by atoms with van der Waals surface area (Å²) in [5, 5.41) is 3.14. The number of sulfonamides is 1. The molecule has 8 nitrogen and oxygen atoms in total. The molecule has 1 fully saturated rings. The van der Waals surface area contributed by atoms with Crippen molar-refractivity contribution in [1.29, 1.82) is 0 Å². The number of carbonyl (C=O) groups excluding carboxylic acids is 2. The van der Waals surface area contributed by atoms with Crippen LogP contribution in [-0.4, -0.2) is 49.1 Å². The van der Waals surface area contributed by atoms with E-state index in [1.807, 2.05) is 0 Å². The molecule has 1 unspecified atom stereocenters. The molecule has 0 spiro atoms. The van der Waals surface area contributed by atoms with Crippen LogP contribution in [-0.2, 0) is 10.0 Å². The van der Waals surface area contributed by atoms with E-state index in [4.69, 9.17) is 22.1 Å². The molecule has 0 heterocycles. The molecular formula is C23H30ClN3O5S. The smallest absolute Gasteiger partial charge is 0.328 e. The van der Waals surface area contributed by atoms with Gasteiger partial charge in [0.2, 0.25) is 10.0 Å². The van der Waals surface area contributed by atoms with E-state index >= 15 is 0 Å². The Morgan fingerprint density at radius 3 is 2.58 bits per heavy atom. The van der Waals surface area contributed by atoms with Crippen molar-refractivity contribution in [2.75, 3.05) is 13.7 Å². The van der Waals surface area contributed by atoms with Crippen LogP contribution in [0.4, 0.5) is 4.79 Å². The number of carbonyl (C=O) groups is 2. The van der Waals surface area contributed by atoms with Gasteiger partial charge in [0.05, 0.1) is 12.7 Å². The third kappa shape index (κ3) is 5.35. The number of benzene rings is 1. The minimum absolute atomic E-state index is 0.0587. The average molecular weight is 496 g/mol. The summed E-state index contributed by atoms with van der Waals surface area (Å²) in [6, 6.07) is 3.29. The number of nitrogens with one attached hydrogen (secondary N) is 1. The zero-order valence-electron chi connectivity index (χ0n) is 18.6. The lowest BCUT2D eigenvalue weighted by atomic mass is 9.95. The zero-order chi connectivity index (χ0) is 24.1. The van der Waals surface area contributed by atoms with Crippen LogP contribution < -0.4 is 15.8 Å². The van der Waals surface area contributed by atoms with Crippen molar-refractivity contribution in [3.05, 3.63) is 53.1 Å². The molecule has 180 valence electrons. The number of primary amides is 1. The normalized spacial score (nSPS) is 20.9. The number of methoxy groups -OCH3 is 1. The van der Waals surface area contributed by atoms with Crippen LogP contribution in [0.3, 0.4) is 0 Å². The van der Waals surface area contributed by atoms with Gasteiger partial charge in [0.15, 0.2) is 0 Å². The first-order valence-corrected chi connectivity index (χ1v) is 12.8. The fourth-order valence-electron chi connectivity index (χ4n) is 4.50. The number of nitrogens with two attached hydrogens (primary N) is 1. The molecular weight excluding hydrogens is 466 g/mol. The van der Waals surface area contributed by atoms with E-state index in [-0.39, 0.29) is 24.9 Å². The van der Waals surface area contributed by atoms with Gasteiger partial charge in [-0.3, -0.25) is 4.79 Å². The Morgan fingerprint density at radius 1 is 1.24 bits per heavy atom. The maximum absolute atomic E-state index is 13.8. The molecule has 3 N–H and O–H groups in total.